The molecule has 0 saturated carbocycles. The summed E-state index contributed by atoms with van der Waals surface area (Å²) < 4.78 is 10.6. The number of carbonyl (C=O) groups is 1. The molecule has 2 heterocycles. The van der Waals surface area contributed by atoms with Crippen molar-refractivity contribution >= 4 is 5.97 Å². The van der Waals surface area contributed by atoms with Crippen LogP contribution in [0.3, 0.4) is 0 Å². The molecular formula is C15H23N3O3. The maximum Gasteiger partial charge on any atom is 0.357 e. The van der Waals surface area contributed by atoms with E-state index in [1.807, 2.05) is 13.8 Å². The van der Waals surface area contributed by atoms with Gasteiger partial charge in [0.1, 0.15) is 6.10 Å². The zero-order valence-electron chi connectivity index (χ0n) is 13.1. The summed E-state index contributed by atoms with van der Waals surface area (Å²) in [5.41, 5.74) is 2.14. The summed E-state index contributed by atoms with van der Waals surface area (Å²) in [6, 6.07) is 0. The molecule has 1 aliphatic rings. The average Bonchev–Trinajstić information content (AvgIpc) is 2.47. The first-order valence-electron chi connectivity index (χ1n) is 7.38. The standard InChI is InChI=1S/C15H23N3O3/c1-5-21-15(19)12-10-8-16-7-6-11(10)17-14(18-12)13(20-4)9(2)3/h9,13,16H,5-8H2,1-4H3. The molecule has 1 unspecified atom stereocenters. The smallest absolute Gasteiger partial charge is 0.357 e. The van der Waals surface area contributed by atoms with Crippen molar-refractivity contribution in [1.29, 1.82) is 0 Å². The first-order valence-corrected chi connectivity index (χ1v) is 7.38. The molecule has 0 aromatic carbocycles. The molecule has 116 valence electrons. The van der Waals surface area contributed by atoms with Crippen molar-refractivity contribution in [3.05, 3.63) is 22.8 Å². The maximum absolute atomic E-state index is 12.2. The number of fused-ring (bicyclic) bond motifs is 1. The Bertz CT molecular complexity index is 517. The number of methoxy groups -OCH3 is 1. The Balaban J connectivity index is 2.48. The van der Waals surface area contributed by atoms with E-state index >= 15 is 0 Å². The van der Waals surface area contributed by atoms with Gasteiger partial charge < -0.3 is 14.8 Å². The number of nitrogens with zero attached hydrogens (tertiary/aromatic N) is 2. The van der Waals surface area contributed by atoms with Gasteiger partial charge in [-0.3, -0.25) is 0 Å². The molecule has 0 amide bonds. The Kier molecular flexibility index (Phi) is 5.25. The predicted octanol–water partition coefficient (Wildman–Crippen LogP) is 1.64. The third-order valence-corrected chi connectivity index (χ3v) is 3.53. The van der Waals surface area contributed by atoms with Crippen LogP contribution in [0, 0.1) is 5.92 Å². The lowest BCUT2D eigenvalue weighted by molar-refractivity contribution is 0.0493. The summed E-state index contributed by atoms with van der Waals surface area (Å²) in [6.07, 6.45) is 0.560. The van der Waals surface area contributed by atoms with E-state index in [1.165, 1.54) is 0 Å². The number of esters is 1. The van der Waals surface area contributed by atoms with Gasteiger partial charge in [0.15, 0.2) is 11.5 Å². The molecule has 0 fully saturated rings. The molecule has 1 aromatic heterocycles. The topological polar surface area (TPSA) is 73.3 Å². The van der Waals surface area contributed by atoms with Crippen molar-refractivity contribution in [1.82, 2.24) is 15.3 Å². The van der Waals surface area contributed by atoms with Gasteiger partial charge in [0.05, 0.1) is 12.3 Å². The van der Waals surface area contributed by atoms with Gasteiger partial charge in [-0.1, -0.05) is 13.8 Å². The van der Waals surface area contributed by atoms with E-state index < -0.39 is 0 Å². The van der Waals surface area contributed by atoms with Crippen LogP contribution in [0.4, 0.5) is 0 Å². The van der Waals surface area contributed by atoms with Gasteiger partial charge in [-0.05, 0) is 12.8 Å². The number of nitrogens with one attached hydrogen (secondary N) is 1. The predicted molar refractivity (Wildman–Crippen MR) is 78.0 cm³/mol. The highest BCUT2D eigenvalue weighted by atomic mass is 16.5. The van der Waals surface area contributed by atoms with E-state index in [4.69, 9.17) is 9.47 Å². The van der Waals surface area contributed by atoms with Crippen molar-refractivity contribution in [2.24, 2.45) is 5.92 Å². The fraction of sp³-hybridized carbons (Fsp3) is 0.667. The molecule has 0 bridgehead atoms. The molecular weight excluding hydrogens is 270 g/mol. The van der Waals surface area contributed by atoms with Gasteiger partial charge >= 0.3 is 5.97 Å². The highest BCUT2D eigenvalue weighted by Gasteiger charge is 2.27. The Morgan fingerprint density at radius 1 is 1.38 bits per heavy atom. The number of carbonyl (C=O) groups excluding carboxylic acids is 1. The van der Waals surface area contributed by atoms with Crippen LogP contribution in [0.2, 0.25) is 0 Å². The van der Waals surface area contributed by atoms with Crippen molar-refractivity contribution in [2.75, 3.05) is 20.3 Å². The van der Waals surface area contributed by atoms with Crippen LogP contribution in [0.5, 0.6) is 0 Å². The van der Waals surface area contributed by atoms with Crippen LogP contribution in [-0.4, -0.2) is 36.2 Å². The van der Waals surface area contributed by atoms with Gasteiger partial charge in [-0.25, -0.2) is 14.8 Å². The van der Waals surface area contributed by atoms with E-state index in [1.54, 1.807) is 14.0 Å². The van der Waals surface area contributed by atoms with Crippen LogP contribution < -0.4 is 5.32 Å². The molecule has 1 N–H and O–H groups in total. The summed E-state index contributed by atoms with van der Waals surface area (Å²) in [4.78, 5) is 21.2. The molecule has 2 rings (SSSR count). The van der Waals surface area contributed by atoms with Gasteiger partial charge in [0.25, 0.3) is 0 Å². The number of hydrogen-bond donors (Lipinski definition) is 1. The highest BCUT2D eigenvalue weighted by molar-refractivity contribution is 5.89. The first kappa shape index (κ1) is 15.9. The minimum Gasteiger partial charge on any atom is -0.461 e. The second kappa shape index (κ2) is 6.95. The lowest BCUT2D eigenvalue weighted by atomic mass is 10.0. The Morgan fingerprint density at radius 3 is 2.76 bits per heavy atom. The van der Waals surface area contributed by atoms with Gasteiger partial charge in [-0.2, -0.15) is 0 Å². The second-order valence-corrected chi connectivity index (χ2v) is 5.40. The van der Waals surface area contributed by atoms with Crippen molar-refractivity contribution in [3.8, 4) is 0 Å². The normalized spacial score (nSPS) is 15.7. The maximum atomic E-state index is 12.2. The lowest BCUT2D eigenvalue weighted by Gasteiger charge is -2.23. The molecule has 6 nitrogen and oxygen atoms in total. The Labute approximate surface area is 125 Å². The first-order chi connectivity index (χ1) is 10.1. The molecule has 21 heavy (non-hydrogen) atoms. The Hall–Kier alpha value is -1.53. The minimum absolute atomic E-state index is 0.224. The quantitative estimate of drug-likeness (QED) is 0.832. The number of hydrogen-bond acceptors (Lipinski definition) is 6. The molecule has 0 aliphatic carbocycles. The van der Waals surface area contributed by atoms with Crippen molar-refractivity contribution < 1.29 is 14.3 Å². The van der Waals surface area contributed by atoms with Crippen LogP contribution >= 0.6 is 0 Å². The monoisotopic (exact) mass is 293 g/mol. The molecule has 0 radical (unpaired) electrons. The second-order valence-electron chi connectivity index (χ2n) is 5.40. The molecule has 1 aromatic rings. The fourth-order valence-electron chi connectivity index (χ4n) is 2.53. The number of rotatable bonds is 5. The van der Waals surface area contributed by atoms with Crippen LogP contribution in [0.25, 0.3) is 0 Å². The van der Waals surface area contributed by atoms with Crippen LogP contribution in [0.1, 0.15) is 54.4 Å². The largest absolute Gasteiger partial charge is 0.461 e. The summed E-state index contributed by atoms with van der Waals surface area (Å²) in [5, 5.41) is 3.24. The minimum atomic E-state index is -0.389. The zero-order chi connectivity index (χ0) is 15.4. The van der Waals surface area contributed by atoms with Gasteiger partial charge in [0, 0.05) is 32.2 Å². The number of aromatic nitrogens is 2. The third kappa shape index (κ3) is 3.39. The highest BCUT2D eigenvalue weighted by Crippen LogP contribution is 2.25. The van der Waals surface area contributed by atoms with E-state index in [-0.39, 0.29) is 18.0 Å². The van der Waals surface area contributed by atoms with Crippen LogP contribution in [0.15, 0.2) is 0 Å². The third-order valence-electron chi connectivity index (χ3n) is 3.53. The van der Waals surface area contributed by atoms with E-state index in [2.05, 4.69) is 15.3 Å². The molecule has 0 saturated heterocycles. The van der Waals surface area contributed by atoms with Gasteiger partial charge in [0.2, 0.25) is 0 Å². The van der Waals surface area contributed by atoms with Crippen molar-refractivity contribution in [2.45, 2.75) is 39.8 Å². The zero-order valence-corrected chi connectivity index (χ0v) is 13.1. The van der Waals surface area contributed by atoms with Gasteiger partial charge in [-0.15, -0.1) is 0 Å². The fourth-order valence-corrected chi connectivity index (χ4v) is 2.53. The average molecular weight is 293 g/mol. The van der Waals surface area contributed by atoms with E-state index in [9.17, 15) is 4.79 Å². The SMILES string of the molecule is CCOC(=O)c1nc(C(OC)C(C)C)nc2c1CNCC2. The van der Waals surface area contributed by atoms with E-state index in [0.29, 0.717) is 24.7 Å². The number of ether oxygens (including phenoxy) is 2. The summed E-state index contributed by atoms with van der Waals surface area (Å²) in [5.74, 6) is 0.403. The molecule has 1 atom stereocenters. The lowest BCUT2D eigenvalue weighted by Crippen LogP contribution is -2.30. The van der Waals surface area contributed by atoms with E-state index in [0.717, 1.165) is 24.2 Å². The van der Waals surface area contributed by atoms with Crippen LogP contribution in [-0.2, 0) is 22.4 Å². The van der Waals surface area contributed by atoms with Crippen molar-refractivity contribution in [3.63, 3.8) is 0 Å². The summed E-state index contributed by atoms with van der Waals surface area (Å²) >= 11 is 0. The molecule has 0 spiro atoms. The summed E-state index contributed by atoms with van der Waals surface area (Å²) in [6.45, 7) is 7.66. The molecule has 1 aliphatic heterocycles. The summed E-state index contributed by atoms with van der Waals surface area (Å²) in [7, 11) is 1.64. The Morgan fingerprint density at radius 2 is 2.14 bits per heavy atom. The molecule has 6 heteroatoms.